The van der Waals surface area contributed by atoms with Crippen molar-refractivity contribution in [2.75, 3.05) is 0 Å². The third-order valence-electron chi connectivity index (χ3n) is 4.80. The Bertz CT molecular complexity index is 1630. The molecule has 4 N–H and O–H groups in total. The van der Waals surface area contributed by atoms with Gasteiger partial charge < -0.3 is 0 Å². The zero-order valence-corrected chi connectivity index (χ0v) is 18.4. The second kappa shape index (κ2) is 6.55. The lowest BCUT2D eigenvalue weighted by atomic mass is 9.94. The number of hydrogen-bond acceptors (Lipinski definition) is 8. The Morgan fingerprint density at radius 1 is 0.406 bits per heavy atom. The zero-order valence-electron chi connectivity index (χ0n) is 15.2. The van der Waals surface area contributed by atoms with Gasteiger partial charge in [-0.05, 0) is 0 Å². The first-order valence-electron chi connectivity index (χ1n) is 8.12. The maximum Gasteiger partial charge on any atom is 0.296 e. The van der Waals surface area contributed by atoms with Crippen LogP contribution < -0.4 is 0 Å². The molecule has 0 saturated carbocycles. The smallest absolute Gasteiger partial charge is 0.282 e. The van der Waals surface area contributed by atoms with Gasteiger partial charge in [0.1, 0.15) is 19.6 Å². The van der Waals surface area contributed by atoms with Crippen molar-refractivity contribution < 1.29 is 51.9 Å². The van der Waals surface area contributed by atoms with E-state index in [9.17, 15) is 51.9 Å². The van der Waals surface area contributed by atoms with Gasteiger partial charge in [0, 0.05) is 32.3 Å². The van der Waals surface area contributed by atoms with Gasteiger partial charge in [0.15, 0.2) is 0 Å². The monoisotopic (exact) mass is 522 g/mol. The molecule has 0 saturated heterocycles. The van der Waals surface area contributed by atoms with Gasteiger partial charge in [-0.25, -0.2) is 0 Å². The van der Waals surface area contributed by atoms with Crippen LogP contribution in [0.2, 0.25) is 0 Å². The molecule has 0 heterocycles. The SMILES string of the molecule is O=S(=O)(O)c1c(S(=O)(=O)O)c2cccc3c(S(=O)(=O)O)c(S(=O)(=O)O)c4cccc1c4c23. The van der Waals surface area contributed by atoms with Crippen LogP contribution in [0.4, 0.5) is 0 Å². The van der Waals surface area contributed by atoms with Gasteiger partial charge in [0.25, 0.3) is 40.5 Å². The summed E-state index contributed by atoms with van der Waals surface area (Å²) in [5, 5.41) is -3.08. The average molecular weight is 523 g/mol. The summed E-state index contributed by atoms with van der Waals surface area (Å²) in [5.41, 5.74) is 0. The molecule has 0 aliphatic carbocycles. The third-order valence-corrected chi connectivity index (χ3v) is 8.82. The third kappa shape index (κ3) is 3.23. The van der Waals surface area contributed by atoms with Crippen molar-refractivity contribution in [3.8, 4) is 0 Å². The largest absolute Gasteiger partial charge is 0.296 e. The first-order chi connectivity index (χ1) is 14.5. The summed E-state index contributed by atoms with van der Waals surface area (Å²) in [5.74, 6) is 0. The van der Waals surface area contributed by atoms with Crippen molar-refractivity contribution in [1.82, 2.24) is 0 Å². The Labute approximate surface area is 180 Å². The van der Waals surface area contributed by atoms with Crippen LogP contribution in [0.1, 0.15) is 0 Å². The van der Waals surface area contributed by atoms with Gasteiger partial charge >= 0.3 is 0 Å². The molecular weight excluding hydrogens is 512 g/mol. The van der Waals surface area contributed by atoms with E-state index >= 15 is 0 Å². The van der Waals surface area contributed by atoms with Crippen molar-refractivity contribution in [3.63, 3.8) is 0 Å². The molecule has 0 radical (unpaired) electrons. The highest BCUT2D eigenvalue weighted by atomic mass is 32.2. The Kier molecular flexibility index (Phi) is 4.65. The molecule has 0 bridgehead atoms. The summed E-state index contributed by atoms with van der Waals surface area (Å²) < 4.78 is 136. The van der Waals surface area contributed by atoms with Crippen LogP contribution in [0.25, 0.3) is 32.3 Å². The van der Waals surface area contributed by atoms with Gasteiger partial charge in [-0.2, -0.15) is 33.7 Å². The Balaban J connectivity index is 2.64. The van der Waals surface area contributed by atoms with Crippen LogP contribution in [0.5, 0.6) is 0 Å². The minimum absolute atomic E-state index is 0.363. The van der Waals surface area contributed by atoms with E-state index < -0.39 is 81.6 Å². The Morgan fingerprint density at radius 2 is 0.594 bits per heavy atom. The molecule has 170 valence electrons. The maximum absolute atomic E-state index is 12.1. The molecule has 0 aromatic heterocycles. The van der Waals surface area contributed by atoms with Crippen LogP contribution in [-0.4, -0.2) is 51.9 Å². The molecule has 0 amide bonds. The van der Waals surface area contributed by atoms with E-state index in [2.05, 4.69) is 0 Å². The first-order valence-corrected chi connectivity index (χ1v) is 13.9. The van der Waals surface area contributed by atoms with E-state index in [0.717, 1.165) is 36.4 Å². The van der Waals surface area contributed by atoms with Gasteiger partial charge in [0.05, 0.1) is 0 Å². The molecule has 32 heavy (non-hydrogen) atoms. The van der Waals surface area contributed by atoms with E-state index in [1.165, 1.54) is 0 Å². The lowest BCUT2D eigenvalue weighted by Gasteiger charge is -2.20. The van der Waals surface area contributed by atoms with Gasteiger partial charge in [-0.15, -0.1) is 0 Å². The van der Waals surface area contributed by atoms with E-state index in [-0.39, 0.29) is 10.8 Å². The van der Waals surface area contributed by atoms with Crippen LogP contribution in [-0.2, 0) is 40.5 Å². The van der Waals surface area contributed by atoms with Crippen LogP contribution >= 0.6 is 0 Å². The predicted octanol–water partition coefficient (Wildman–Crippen LogP) is 1.57. The summed E-state index contributed by atoms with van der Waals surface area (Å²) in [6.45, 7) is 0. The van der Waals surface area contributed by atoms with Crippen LogP contribution in [0.3, 0.4) is 0 Å². The summed E-state index contributed by atoms with van der Waals surface area (Å²) in [6.07, 6.45) is 0. The molecule has 0 unspecified atom stereocenters. The lowest BCUT2D eigenvalue weighted by molar-refractivity contribution is 0.468. The molecule has 0 atom stereocenters. The zero-order chi connectivity index (χ0) is 24.0. The van der Waals surface area contributed by atoms with Crippen LogP contribution in [0, 0.1) is 0 Å². The number of hydrogen-bond donors (Lipinski definition) is 4. The standard InChI is InChI=1S/C16H10O12S4/c17-29(18,19)13-7-3-1-4-8-11(7)12-9(15(13)31(23,24)25)5-2-6-10(12)16(32(26,27)28)14(8)30(20,21)22/h1-6H,(H,17,18,19)(H,20,21,22)(H,23,24,25)(H,26,27,28). The highest BCUT2D eigenvalue weighted by Gasteiger charge is 2.36. The number of benzene rings is 4. The summed E-state index contributed by atoms with van der Waals surface area (Å²) in [7, 11) is -21.5. The van der Waals surface area contributed by atoms with Crippen molar-refractivity contribution in [3.05, 3.63) is 36.4 Å². The second-order valence-electron chi connectivity index (χ2n) is 6.67. The van der Waals surface area contributed by atoms with Gasteiger partial charge in [0.2, 0.25) is 0 Å². The highest BCUT2D eigenvalue weighted by molar-refractivity contribution is 7.90. The second-order valence-corrected chi connectivity index (χ2v) is 12.1. The maximum atomic E-state index is 12.1. The summed E-state index contributed by atoms with van der Waals surface area (Å²) >= 11 is 0. The molecule has 0 aliphatic heterocycles. The average Bonchev–Trinajstić information content (AvgIpc) is 2.61. The molecule has 4 aromatic carbocycles. The minimum atomic E-state index is -5.37. The van der Waals surface area contributed by atoms with Crippen molar-refractivity contribution in [2.24, 2.45) is 0 Å². The molecular formula is C16H10O12S4. The molecule has 4 rings (SSSR count). The molecule has 0 aliphatic rings. The van der Waals surface area contributed by atoms with E-state index in [0.29, 0.717) is 0 Å². The molecule has 4 aromatic rings. The fraction of sp³-hybridized carbons (Fsp3) is 0. The molecule has 0 fully saturated rings. The first kappa shape index (κ1) is 22.7. The normalized spacial score (nSPS) is 14.0. The molecule has 0 spiro atoms. The Morgan fingerprint density at radius 3 is 0.750 bits per heavy atom. The van der Waals surface area contributed by atoms with Crippen molar-refractivity contribution in [1.29, 1.82) is 0 Å². The van der Waals surface area contributed by atoms with E-state index in [1.807, 2.05) is 0 Å². The summed E-state index contributed by atoms with van der Waals surface area (Å²) in [6, 6.07) is 5.90. The summed E-state index contributed by atoms with van der Waals surface area (Å²) in [4.78, 5) is -5.14. The minimum Gasteiger partial charge on any atom is -0.282 e. The van der Waals surface area contributed by atoms with Crippen molar-refractivity contribution in [2.45, 2.75) is 19.6 Å². The topological polar surface area (TPSA) is 217 Å². The van der Waals surface area contributed by atoms with E-state index in [4.69, 9.17) is 0 Å². The quantitative estimate of drug-likeness (QED) is 0.222. The predicted molar refractivity (Wildman–Crippen MR) is 109 cm³/mol. The fourth-order valence-electron chi connectivity index (χ4n) is 3.91. The van der Waals surface area contributed by atoms with Crippen LogP contribution in [0.15, 0.2) is 56.0 Å². The molecule has 12 nitrogen and oxygen atoms in total. The fourth-order valence-corrected chi connectivity index (χ4v) is 8.35. The number of rotatable bonds is 4. The Hall–Kier alpha value is -2.44. The molecule has 16 heteroatoms. The lowest BCUT2D eigenvalue weighted by Crippen LogP contribution is -2.14. The van der Waals surface area contributed by atoms with Crippen molar-refractivity contribution >= 4 is 72.8 Å². The van der Waals surface area contributed by atoms with E-state index in [1.54, 1.807) is 0 Å². The van der Waals surface area contributed by atoms with Gasteiger partial charge in [-0.1, -0.05) is 36.4 Å². The van der Waals surface area contributed by atoms with Gasteiger partial charge in [-0.3, -0.25) is 18.2 Å². The highest BCUT2D eigenvalue weighted by Crippen LogP contribution is 2.47.